The second kappa shape index (κ2) is 5.76. The first kappa shape index (κ1) is 13.9. The average molecular weight is 282 g/mol. The minimum absolute atomic E-state index is 0.170. The van der Waals surface area contributed by atoms with E-state index in [2.05, 4.69) is 10.2 Å². The molecular weight excluding hydrogens is 262 g/mol. The third-order valence-corrected chi connectivity index (χ3v) is 4.08. The Morgan fingerprint density at radius 2 is 2.00 bits per heavy atom. The van der Waals surface area contributed by atoms with Crippen LogP contribution in [0.4, 0.5) is 8.78 Å². The number of benzene rings is 1. The highest BCUT2D eigenvalue weighted by molar-refractivity contribution is 5.17. The smallest absolute Gasteiger partial charge is 0.159 e. The topological polar surface area (TPSA) is 35.5 Å². The molecule has 20 heavy (non-hydrogen) atoms. The normalized spacial score (nSPS) is 27.8. The number of nitrogens with zero attached hydrogens (tertiary/aromatic N) is 1. The first-order valence-electron chi connectivity index (χ1n) is 7.22. The summed E-state index contributed by atoms with van der Waals surface area (Å²) in [5, 5.41) is 13.6. The maximum Gasteiger partial charge on any atom is 0.159 e. The summed E-state index contributed by atoms with van der Waals surface area (Å²) in [6, 6.07) is 4.74. The van der Waals surface area contributed by atoms with Crippen LogP contribution >= 0.6 is 0 Å². The molecule has 2 N–H and O–H groups in total. The molecular formula is C15H20F2N2O. The van der Waals surface area contributed by atoms with Gasteiger partial charge in [-0.2, -0.15) is 0 Å². The molecule has 0 amide bonds. The van der Waals surface area contributed by atoms with E-state index in [9.17, 15) is 13.9 Å². The van der Waals surface area contributed by atoms with Crippen molar-refractivity contribution in [2.24, 2.45) is 0 Å². The highest BCUT2D eigenvalue weighted by Gasteiger charge is 2.32. The Bertz CT molecular complexity index is 479. The zero-order valence-corrected chi connectivity index (χ0v) is 11.4. The van der Waals surface area contributed by atoms with Gasteiger partial charge >= 0.3 is 0 Å². The molecule has 1 aromatic rings. The number of piperidine rings is 1. The molecule has 1 heterocycles. The third-order valence-electron chi connectivity index (χ3n) is 4.08. The second-order valence-corrected chi connectivity index (χ2v) is 5.89. The monoisotopic (exact) mass is 282 g/mol. The van der Waals surface area contributed by atoms with Gasteiger partial charge in [-0.15, -0.1) is 0 Å². The number of aliphatic hydroxyl groups is 1. The Morgan fingerprint density at radius 1 is 1.20 bits per heavy atom. The van der Waals surface area contributed by atoms with Gasteiger partial charge in [0.15, 0.2) is 11.6 Å². The molecule has 1 saturated heterocycles. The molecule has 0 bridgehead atoms. The summed E-state index contributed by atoms with van der Waals surface area (Å²) in [6.07, 6.45) is 2.92. The van der Waals surface area contributed by atoms with Crippen LogP contribution in [-0.2, 0) is 6.54 Å². The molecule has 110 valence electrons. The maximum absolute atomic E-state index is 13.2. The highest BCUT2D eigenvalue weighted by atomic mass is 19.2. The van der Waals surface area contributed by atoms with Crippen LogP contribution < -0.4 is 5.32 Å². The molecule has 2 aliphatic rings. The number of halogens is 2. The highest BCUT2D eigenvalue weighted by Crippen LogP contribution is 2.23. The lowest BCUT2D eigenvalue weighted by atomic mass is 10.0. The molecule has 0 unspecified atom stereocenters. The molecule has 1 aromatic carbocycles. The molecule has 1 saturated carbocycles. The molecule has 5 heteroatoms. The van der Waals surface area contributed by atoms with Crippen molar-refractivity contribution in [3.05, 3.63) is 35.4 Å². The first-order chi connectivity index (χ1) is 9.61. The van der Waals surface area contributed by atoms with E-state index >= 15 is 0 Å². The van der Waals surface area contributed by atoms with Crippen LogP contribution in [0.5, 0.6) is 0 Å². The van der Waals surface area contributed by atoms with Crippen molar-refractivity contribution in [1.82, 2.24) is 10.2 Å². The van der Waals surface area contributed by atoms with Crippen molar-refractivity contribution in [3.63, 3.8) is 0 Å². The maximum atomic E-state index is 13.2. The molecule has 1 aliphatic carbocycles. The van der Waals surface area contributed by atoms with Crippen molar-refractivity contribution in [1.29, 1.82) is 0 Å². The Labute approximate surface area is 117 Å². The van der Waals surface area contributed by atoms with Gasteiger partial charge in [0.05, 0.1) is 6.10 Å². The van der Waals surface area contributed by atoms with E-state index in [4.69, 9.17) is 0 Å². The third kappa shape index (κ3) is 3.34. The summed E-state index contributed by atoms with van der Waals surface area (Å²) >= 11 is 0. The predicted molar refractivity (Wildman–Crippen MR) is 72.2 cm³/mol. The molecule has 0 aromatic heterocycles. The van der Waals surface area contributed by atoms with Gasteiger partial charge in [0, 0.05) is 31.7 Å². The number of hydrogen-bond donors (Lipinski definition) is 2. The summed E-state index contributed by atoms with van der Waals surface area (Å²) in [4.78, 5) is 2.09. The summed E-state index contributed by atoms with van der Waals surface area (Å²) in [5.41, 5.74) is 0.740. The van der Waals surface area contributed by atoms with Crippen LogP contribution in [0.3, 0.4) is 0 Å². The van der Waals surface area contributed by atoms with Crippen molar-refractivity contribution < 1.29 is 13.9 Å². The van der Waals surface area contributed by atoms with Gasteiger partial charge in [-0.25, -0.2) is 8.78 Å². The zero-order chi connectivity index (χ0) is 14.1. The Hall–Kier alpha value is -1.04. The van der Waals surface area contributed by atoms with E-state index in [1.54, 1.807) is 6.07 Å². The minimum Gasteiger partial charge on any atom is -0.390 e. The fraction of sp³-hybridized carbons (Fsp3) is 0.600. The van der Waals surface area contributed by atoms with Gasteiger partial charge in [0.25, 0.3) is 0 Å². The number of likely N-dealkylation sites (tertiary alicyclic amines) is 1. The second-order valence-electron chi connectivity index (χ2n) is 5.89. The van der Waals surface area contributed by atoms with Gasteiger partial charge in [0.2, 0.25) is 0 Å². The molecule has 3 nitrogen and oxygen atoms in total. The van der Waals surface area contributed by atoms with Crippen molar-refractivity contribution >= 4 is 0 Å². The Kier molecular flexibility index (Phi) is 4.01. The van der Waals surface area contributed by atoms with Crippen LogP contribution in [0.15, 0.2) is 18.2 Å². The van der Waals surface area contributed by atoms with Crippen LogP contribution in [0.1, 0.15) is 24.8 Å². The average Bonchev–Trinajstić information content (AvgIpc) is 3.21. The Balaban J connectivity index is 1.55. The standard InChI is InChI=1S/C15H20F2N2O/c16-12-4-1-10(7-13(12)17)8-19-6-5-14(15(20)9-19)18-11-2-3-11/h1,4,7,11,14-15,18,20H,2-3,5-6,8-9H2/t14-,15-/m1/s1. The number of aliphatic hydroxyl groups excluding tert-OH is 1. The zero-order valence-electron chi connectivity index (χ0n) is 11.4. The van der Waals surface area contributed by atoms with Crippen LogP contribution in [-0.4, -0.2) is 41.3 Å². The van der Waals surface area contributed by atoms with E-state index in [-0.39, 0.29) is 6.04 Å². The van der Waals surface area contributed by atoms with Crippen LogP contribution in [0, 0.1) is 11.6 Å². The lowest BCUT2D eigenvalue weighted by molar-refractivity contribution is 0.0364. The molecule has 0 spiro atoms. The minimum atomic E-state index is -0.818. The van der Waals surface area contributed by atoms with E-state index in [0.29, 0.717) is 19.1 Å². The van der Waals surface area contributed by atoms with E-state index < -0.39 is 17.7 Å². The molecule has 3 rings (SSSR count). The van der Waals surface area contributed by atoms with E-state index in [1.807, 2.05) is 0 Å². The lowest BCUT2D eigenvalue weighted by Crippen LogP contribution is -2.52. The van der Waals surface area contributed by atoms with Crippen molar-refractivity contribution in [2.45, 2.75) is 44.0 Å². The van der Waals surface area contributed by atoms with Gasteiger partial charge in [-0.05, 0) is 37.0 Å². The van der Waals surface area contributed by atoms with Gasteiger partial charge in [0.1, 0.15) is 0 Å². The van der Waals surface area contributed by atoms with Gasteiger partial charge in [-0.3, -0.25) is 4.90 Å². The van der Waals surface area contributed by atoms with Gasteiger partial charge < -0.3 is 10.4 Å². The Morgan fingerprint density at radius 3 is 2.65 bits per heavy atom. The fourth-order valence-electron chi connectivity index (χ4n) is 2.78. The van der Waals surface area contributed by atoms with Crippen LogP contribution in [0.25, 0.3) is 0 Å². The lowest BCUT2D eigenvalue weighted by Gasteiger charge is -2.36. The number of nitrogens with one attached hydrogen (secondary N) is 1. The van der Waals surface area contributed by atoms with E-state index in [0.717, 1.165) is 24.6 Å². The molecule has 2 atom stereocenters. The predicted octanol–water partition coefficient (Wildman–Crippen LogP) is 1.65. The summed E-state index contributed by atoms with van der Waals surface area (Å²) in [7, 11) is 0. The van der Waals surface area contributed by atoms with Crippen molar-refractivity contribution in [3.8, 4) is 0 Å². The number of hydrogen-bond acceptors (Lipinski definition) is 3. The first-order valence-corrected chi connectivity index (χ1v) is 7.22. The van der Waals surface area contributed by atoms with Crippen molar-refractivity contribution in [2.75, 3.05) is 13.1 Å². The largest absolute Gasteiger partial charge is 0.390 e. The number of β-amino-alcohol motifs (C(OH)–C–C–N with tert-alkyl or cyclic N) is 1. The molecule has 2 fully saturated rings. The number of rotatable bonds is 4. The van der Waals surface area contributed by atoms with Gasteiger partial charge in [-0.1, -0.05) is 6.07 Å². The van der Waals surface area contributed by atoms with Crippen LogP contribution in [0.2, 0.25) is 0 Å². The summed E-state index contributed by atoms with van der Waals surface area (Å²) < 4.78 is 26.1. The SMILES string of the molecule is O[C@@H]1CN(Cc2ccc(F)c(F)c2)CC[C@H]1NC1CC1. The quantitative estimate of drug-likeness (QED) is 0.881. The molecule has 0 radical (unpaired) electrons. The fourth-order valence-corrected chi connectivity index (χ4v) is 2.78. The molecule has 1 aliphatic heterocycles. The summed E-state index contributed by atoms with van der Waals surface area (Å²) in [5.74, 6) is -1.63. The summed E-state index contributed by atoms with van der Waals surface area (Å²) in [6.45, 7) is 1.98. The van der Waals surface area contributed by atoms with E-state index in [1.165, 1.54) is 18.9 Å².